The molecule has 0 aromatic rings. The Balaban J connectivity index is 0. The van der Waals surface area contributed by atoms with Crippen LogP contribution in [0.1, 0.15) is 206 Å². The third-order valence-corrected chi connectivity index (χ3v) is 8.17. The fourth-order valence-corrected chi connectivity index (χ4v) is 5.42. The lowest BCUT2D eigenvalue weighted by Crippen LogP contribution is -2.17. The maximum Gasteiger partial charge on any atom is 0.130 e. The molecule has 0 aliphatic heterocycles. The van der Waals surface area contributed by atoms with Crippen LogP contribution in [0.15, 0.2) is 0 Å². The molecule has 0 spiro atoms. The summed E-state index contributed by atoms with van der Waals surface area (Å²) in [5.41, 5.74) is 5.48. The normalized spacial score (nSPS) is 10.9. The van der Waals surface area contributed by atoms with E-state index in [0.717, 1.165) is 13.1 Å². The highest BCUT2D eigenvalue weighted by molar-refractivity contribution is 8.11. The smallest absolute Gasteiger partial charge is 0.130 e. The van der Waals surface area contributed by atoms with Crippen molar-refractivity contribution in [3.8, 4) is 0 Å². The van der Waals surface area contributed by atoms with E-state index in [-0.39, 0.29) is 0 Å². The van der Waals surface area contributed by atoms with Crippen LogP contribution in [-0.4, -0.2) is 17.4 Å². The second-order valence-electron chi connectivity index (χ2n) is 11.9. The minimum absolute atomic E-state index is 0.625. The number of unbranched alkanes of at least 4 members (excludes halogenated alkanes) is 28. The van der Waals surface area contributed by atoms with Gasteiger partial charge >= 0.3 is 0 Å². The van der Waals surface area contributed by atoms with E-state index in [4.69, 9.17) is 18.0 Å². The van der Waals surface area contributed by atoms with Crippen molar-refractivity contribution in [2.45, 2.75) is 206 Å². The average molecular weight is 587 g/mol. The predicted molar refractivity (Wildman–Crippen MR) is 188 cm³/mol. The molecule has 0 aromatic carbocycles. The zero-order chi connectivity index (χ0) is 28.9. The largest absolute Gasteiger partial charge is 0.371 e. The van der Waals surface area contributed by atoms with Crippen molar-refractivity contribution < 1.29 is 0 Å². The molecule has 236 valence electrons. The van der Waals surface area contributed by atoms with Gasteiger partial charge < -0.3 is 11.1 Å². The Hall–Kier alpha value is 0.200. The SMILES string of the molecule is CCCCCCCCCCCCCCCCCN.CCCCCCCCCCCCCCCCCNC(=S)S. The van der Waals surface area contributed by atoms with Gasteiger partial charge in [-0.15, -0.1) is 12.6 Å². The Morgan fingerprint density at radius 2 is 0.667 bits per heavy atom. The highest BCUT2D eigenvalue weighted by Gasteiger charge is 1.95. The molecule has 0 atom stereocenters. The molecule has 0 unspecified atom stereocenters. The summed E-state index contributed by atoms with van der Waals surface area (Å²) >= 11 is 8.90. The number of hydrogen-bond acceptors (Lipinski definition) is 2. The second kappa shape index (κ2) is 40.3. The summed E-state index contributed by atoms with van der Waals surface area (Å²) in [6, 6.07) is 0. The lowest BCUT2D eigenvalue weighted by Gasteiger charge is -2.04. The summed E-state index contributed by atoms with van der Waals surface area (Å²) in [5, 5.41) is 3.09. The minimum Gasteiger partial charge on any atom is -0.371 e. The number of thiol groups is 1. The van der Waals surface area contributed by atoms with E-state index in [1.165, 1.54) is 193 Å². The summed E-state index contributed by atoms with van der Waals surface area (Å²) < 4.78 is 0.625. The van der Waals surface area contributed by atoms with Gasteiger partial charge in [0.15, 0.2) is 0 Å². The van der Waals surface area contributed by atoms with Gasteiger partial charge in [0, 0.05) is 6.54 Å². The molecular formula is C35H74N2S2. The first-order chi connectivity index (χ1) is 19.2. The number of nitrogens with two attached hydrogens (primary N) is 1. The van der Waals surface area contributed by atoms with Gasteiger partial charge in [-0.05, 0) is 19.4 Å². The number of rotatable bonds is 31. The van der Waals surface area contributed by atoms with Crippen LogP contribution in [0.4, 0.5) is 0 Å². The molecule has 2 nitrogen and oxygen atoms in total. The van der Waals surface area contributed by atoms with Crippen molar-refractivity contribution >= 4 is 29.2 Å². The van der Waals surface area contributed by atoms with E-state index in [2.05, 4.69) is 31.8 Å². The topological polar surface area (TPSA) is 38.0 Å². The molecule has 3 N–H and O–H groups in total. The molecule has 39 heavy (non-hydrogen) atoms. The van der Waals surface area contributed by atoms with Crippen LogP contribution in [0, 0.1) is 0 Å². The van der Waals surface area contributed by atoms with Crippen LogP contribution in [0.25, 0.3) is 0 Å². The third kappa shape index (κ3) is 45.4. The van der Waals surface area contributed by atoms with E-state index in [9.17, 15) is 0 Å². The molecule has 0 aliphatic rings. The first-order valence-electron chi connectivity index (χ1n) is 17.9. The zero-order valence-electron chi connectivity index (χ0n) is 27.1. The maximum atomic E-state index is 5.48. The molecular weight excluding hydrogens is 513 g/mol. The van der Waals surface area contributed by atoms with Gasteiger partial charge in [-0.3, -0.25) is 0 Å². The molecule has 0 rings (SSSR count). The van der Waals surface area contributed by atoms with Gasteiger partial charge in [0.05, 0.1) is 0 Å². The standard InChI is InChI=1S/C18H37NS2.C17H37N/c1-2-3-4-5-6-7-8-9-10-11-12-13-14-15-16-17-19-18(20)21;1-2-3-4-5-6-7-8-9-10-11-12-13-14-15-16-17-18/h2-17H2,1H3,(H2,19,20,21);2-18H2,1H3. The van der Waals surface area contributed by atoms with Gasteiger partial charge in [0.2, 0.25) is 0 Å². The molecule has 4 heteroatoms. The van der Waals surface area contributed by atoms with Gasteiger partial charge in [0.25, 0.3) is 0 Å². The second-order valence-corrected chi connectivity index (χ2v) is 13.1. The van der Waals surface area contributed by atoms with Crippen molar-refractivity contribution in [2.75, 3.05) is 13.1 Å². The summed E-state index contributed by atoms with van der Waals surface area (Å²) in [6.07, 6.45) is 42.5. The molecule has 0 bridgehead atoms. The van der Waals surface area contributed by atoms with Crippen LogP contribution >= 0.6 is 24.8 Å². The summed E-state index contributed by atoms with van der Waals surface area (Å²) in [7, 11) is 0. The Morgan fingerprint density at radius 1 is 0.436 bits per heavy atom. The predicted octanol–water partition coefficient (Wildman–Crippen LogP) is 12.5. The van der Waals surface area contributed by atoms with Gasteiger partial charge in [-0.2, -0.15) is 0 Å². The van der Waals surface area contributed by atoms with E-state index in [1.807, 2.05) is 0 Å². The molecule has 0 saturated heterocycles. The zero-order valence-corrected chi connectivity index (χ0v) is 28.8. The van der Waals surface area contributed by atoms with Crippen molar-refractivity contribution in [3.05, 3.63) is 0 Å². The lowest BCUT2D eigenvalue weighted by atomic mass is 10.0. The van der Waals surface area contributed by atoms with Gasteiger partial charge in [-0.25, -0.2) is 0 Å². The molecule has 0 fully saturated rings. The van der Waals surface area contributed by atoms with Crippen molar-refractivity contribution in [1.82, 2.24) is 5.32 Å². The van der Waals surface area contributed by atoms with Crippen LogP contribution in [0.3, 0.4) is 0 Å². The van der Waals surface area contributed by atoms with Crippen molar-refractivity contribution in [1.29, 1.82) is 0 Å². The highest BCUT2D eigenvalue weighted by Crippen LogP contribution is 2.14. The van der Waals surface area contributed by atoms with Crippen LogP contribution < -0.4 is 11.1 Å². The molecule has 0 amide bonds. The third-order valence-electron chi connectivity index (χ3n) is 7.86. The quantitative estimate of drug-likeness (QED) is 0.0429. The molecule has 0 radical (unpaired) electrons. The van der Waals surface area contributed by atoms with E-state index < -0.39 is 0 Å². The van der Waals surface area contributed by atoms with E-state index >= 15 is 0 Å². The van der Waals surface area contributed by atoms with Crippen molar-refractivity contribution in [3.63, 3.8) is 0 Å². The van der Waals surface area contributed by atoms with Crippen LogP contribution in [0.2, 0.25) is 0 Å². The number of thiocarbonyl (C=S) groups is 1. The highest BCUT2D eigenvalue weighted by atomic mass is 32.1. The Morgan fingerprint density at radius 3 is 0.897 bits per heavy atom. The minimum atomic E-state index is 0.625. The monoisotopic (exact) mass is 587 g/mol. The summed E-state index contributed by atoms with van der Waals surface area (Å²) in [4.78, 5) is 0. The fraction of sp³-hybridized carbons (Fsp3) is 0.971. The maximum absolute atomic E-state index is 5.48. The summed E-state index contributed by atoms with van der Waals surface area (Å²) in [5.74, 6) is 0. The lowest BCUT2D eigenvalue weighted by molar-refractivity contribution is 0.532. The first-order valence-corrected chi connectivity index (χ1v) is 18.7. The molecule has 0 aliphatic carbocycles. The average Bonchev–Trinajstić information content (AvgIpc) is 2.93. The Bertz CT molecular complexity index is 415. The van der Waals surface area contributed by atoms with E-state index in [1.54, 1.807) is 0 Å². The Labute approximate surface area is 259 Å². The van der Waals surface area contributed by atoms with Crippen LogP contribution in [0.5, 0.6) is 0 Å². The Kier molecular flexibility index (Phi) is 42.8. The van der Waals surface area contributed by atoms with E-state index in [0.29, 0.717) is 4.32 Å². The van der Waals surface area contributed by atoms with Crippen molar-refractivity contribution in [2.24, 2.45) is 5.73 Å². The fourth-order valence-electron chi connectivity index (χ4n) is 5.21. The first kappa shape index (κ1) is 41.3. The molecule has 0 heterocycles. The summed E-state index contributed by atoms with van der Waals surface area (Å²) in [6.45, 7) is 6.43. The molecule has 0 saturated carbocycles. The van der Waals surface area contributed by atoms with Gasteiger partial charge in [0.1, 0.15) is 4.32 Å². The van der Waals surface area contributed by atoms with Gasteiger partial charge in [-0.1, -0.05) is 206 Å². The molecule has 0 aromatic heterocycles. The number of nitrogens with one attached hydrogen (secondary N) is 1. The number of hydrogen-bond donors (Lipinski definition) is 3. The van der Waals surface area contributed by atoms with Crippen LogP contribution in [-0.2, 0) is 0 Å².